The van der Waals surface area contributed by atoms with Gasteiger partial charge in [-0.2, -0.15) is 0 Å². The maximum Gasteiger partial charge on any atom is 0.271 e. The van der Waals surface area contributed by atoms with Gasteiger partial charge >= 0.3 is 0 Å². The van der Waals surface area contributed by atoms with Crippen LogP contribution in [0, 0.1) is 10.1 Å². The van der Waals surface area contributed by atoms with Gasteiger partial charge in [0.15, 0.2) is 0 Å². The van der Waals surface area contributed by atoms with Crippen molar-refractivity contribution in [3.05, 3.63) is 63.7 Å². The minimum absolute atomic E-state index is 0.0896. The van der Waals surface area contributed by atoms with Crippen molar-refractivity contribution in [2.75, 3.05) is 11.9 Å². The van der Waals surface area contributed by atoms with E-state index in [1.54, 1.807) is 18.2 Å². The summed E-state index contributed by atoms with van der Waals surface area (Å²) in [5.41, 5.74) is -0.128. The molecule has 1 amide bonds. The van der Waals surface area contributed by atoms with Gasteiger partial charge in [0, 0.05) is 25.1 Å². The zero-order valence-corrected chi connectivity index (χ0v) is 14.4. The zero-order valence-electron chi connectivity index (χ0n) is 12.8. The largest absolute Gasteiger partial charge is 0.325 e. The number of nitro groups is 1. The van der Waals surface area contributed by atoms with Crippen molar-refractivity contribution in [3.8, 4) is 0 Å². The van der Waals surface area contributed by atoms with E-state index in [2.05, 4.69) is 10.0 Å². The highest BCUT2D eigenvalue weighted by Crippen LogP contribution is 2.26. The van der Waals surface area contributed by atoms with Crippen LogP contribution in [0.5, 0.6) is 0 Å². The molecule has 0 aromatic heterocycles. The number of rotatable bonds is 7. The van der Waals surface area contributed by atoms with E-state index in [1.165, 1.54) is 24.3 Å². The van der Waals surface area contributed by atoms with Crippen LogP contribution in [0.25, 0.3) is 0 Å². The van der Waals surface area contributed by atoms with Gasteiger partial charge in [-0.25, -0.2) is 13.1 Å². The number of nitrogens with one attached hydrogen (secondary N) is 2. The van der Waals surface area contributed by atoms with Crippen molar-refractivity contribution in [2.24, 2.45) is 0 Å². The summed E-state index contributed by atoms with van der Waals surface area (Å²) in [5, 5.41) is 13.3. The van der Waals surface area contributed by atoms with Crippen LogP contribution >= 0.6 is 11.6 Å². The SMILES string of the molecule is O=C(CCNS(=O)(=O)c1ccccc1)Nc1cc([N+](=O)[O-])ccc1Cl. The quantitative estimate of drug-likeness (QED) is 0.562. The number of nitro benzene ring substituents is 1. The van der Waals surface area contributed by atoms with E-state index in [0.717, 1.165) is 6.07 Å². The highest BCUT2D eigenvalue weighted by molar-refractivity contribution is 7.89. The van der Waals surface area contributed by atoms with Crippen LogP contribution in [0.15, 0.2) is 53.4 Å². The summed E-state index contributed by atoms with van der Waals surface area (Å²) in [6, 6.07) is 11.4. The molecule has 10 heteroatoms. The lowest BCUT2D eigenvalue weighted by Gasteiger charge is -2.08. The highest BCUT2D eigenvalue weighted by Gasteiger charge is 2.15. The number of non-ortho nitro benzene ring substituents is 1. The Morgan fingerprint density at radius 3 is 2.48 bits per heavy atom. The topological polar surface area (TPSA) is 118 Å². The molecular formula is C15H14ClN3O5S. The number of amides is 1. The molecule has 0 aliphatic heterocycles. The molecule has 0 aliphatic carbocycles. The second-order valence-electron chi connectivity index (χ2n) is 4.93. The predicted molar refractivity (Wildman–Crippen MR) is 93.0 cm³/mol. The van der Waals surface area contributed by atoms with E-state index in [-0.39, 0.29) is 34.3 Å². The summed E-state index contributed by atoms with van der Waals surface area (Å²) in [6.07, 6.45) is -0.162. The lowest BCUT2D eigenvalue weighted by molar-refractivity contribution is -0.384. The third-order valence-electron chi connectivity index (χ3n) is 3.13. The molecular weight excluding hydrogens is 370 g/mol. The number of carbonyl (C=O) groups excluding carboxylic acids is 1. The molecule has 0 unspecified atom stereocenters. The lowest BCUT2D eigenvalue weighted by atomic mass is 10.2. The van der Waals surface area contributed by atoms with Crippen LogP contribution in [0.2, 0.25) is 5.02 Å². The summed E-state index contributed by atoms with van der Waals surface area (Å²) in [7, 11) is -3.70. The van der Waals surface area contributed by atoms with Gasteiger partial charge in [0.25, 0.3) is 5.69 Å². The lowest BCUT2D eigenvalue weighted by Crippen LogP contribution is -2.27. The van der Waals surface area contributed by atoms with Gasteiger partial charge in [-0.3, -0.25) is 14.9 Å². The number of halogens is 1. The molecule has 2 aromatic rings. The van der Waals surface area contributed by atoms with Crippen LogP contribution in [-0.2, 0) is 14.8 Å². The summed E-state index contributed by atoms with van der Waals surface area (Å²) >= 11 is 5.88. The van der Waals surface area contributed by atoms with E-state index in [0.29, 0.717) is 0 Å². The van der Waals surface area contributed by atoms with Crippen LogP contribution in [0.4, 0.5) is 11.4 Å². The molecule has 0 saturated carbocycles. The van der Waals surface area contributed by atoms with Crippen molar-refractivity contribution >= 4 is 38.9 Å². The molecule has 0 spiro atoms. The van der Waals surface area contributed by atoms with E-state index in [4.69, 9.17) is 11.6 Å². The van der Waals surface area contributed by atoms with Crippen molar-refractivity contribution in [3.63, 3.8) is 0 Å². The van der Waals surface area contributed by atoms with Gasteiger partial charge < -0.3 is 5.32 Å². The molecule has 25 heavy (non-hydrogen) atoms. The van der Waals surface area contributed by atoms with E-state index < -0.39 is 20.9 Å². The first-order valence-electron chi connectivity index (χ1n) is 7.08. The Labute approximate surface area is 149 Å². The Hall–Kier alpha value is -2.49. The molecule has 8 nitrogen and oxygen atoms in total. The standard InChI is InChI=1S/C15H14ClN3O5S/c16-13-7-6-11(19(21)22)10-14(13)18-15(20)8-9-17-25(23,24)12-4-2-1-3-5-12/h1-7,10,17H,8-9H2,(H,18,20). The van der Waals surface area contributed by atoms with Gasteiger partial charge in [0.05, 0.1) is 20.5 Å². The average Bonchev–Trinajstić information content (AvgIpc) is 2.57. The first-order chi connectivity index (χ1) is 11.8. The number of carbonyl (C=O) groups is 1. The first kappa shape index (κ1) is 18.8. The van der Waals surface area contributed by atoms with Crippen molar-refractivity contribution in [2.45, 2.75) is 11.3 Å². The molecule has 0 saturated heterocycles. The first-order valence-corrected chi connectivity index (χ1v) is 8.94. The van der Waals surface area contributed by atoms with Crippen molar-refractivity contribution in [1.82, 2.24) is 4.72 Å². The number of sulfonamides is 1. The molecule has 2 aromatic carbocycles. The van der Waals surface area contributed by atoms with Crippen LogP contribution in [0.1, 0.15) is 6.42 Å². The maximum atomic E-state index is 12.0. The Morgan fingerprint density at radius 2 is 1.84 bits per heavy atom. The fourth-order valence-electron chi connectivity index (χ4n) is 1.92. The Bertz CT molecular complexity index is 887. The highest BCUT2D eigenvalue weighted by atomic mass is 35.5. The number of benzene rings is 2. The smallest absolute Gasteiger partial charge is 0.271 e. The van der Waals surface area contributed by atoms with Gasteiger partial charge in [-0.05, 0) is 18.2 Å². The fourth-order valence-corrected chi connectivity index (χ4v) is 3.13. The van der Waals surface area contributed by atoms with Crippen molar-refractivity contribution < 1.29 is 18.1 Å². The summed E-state index contributed by atoms with van der Waals surface area (Å²) < 4.78 is 26.3. The maximum absolute atomic E-state index is 12.0. The summed E-state index contributed by atoms with van der Waals surface area (Å²) in [6.45, 7) is -0.129. The molecule has 0 atom stereocenters. The third kappa shape index (κ3) is 5.24. The molecule has 0 bridgehead atoms. The molecule has 0 heterocycles. The average molecular weight is 384 g/mol. The monoisotopic (exact) mass is 383 g/mol. The van der Waals surface area contributed by atoms with E-state index in [9.17, 15) is 23.3 Å². The minimum Gasteiger partial charge on any atom is -0.325 e. The number of hydrogen-bond acceptors (Lipinski definition) is 5. The number of nitrogens with zero attached hydrogens (tertiary/aromatic N) is 1. The zero-order chi connectivity index (χ0) is 18.4. The van der Waals surface area contributed by atoms with Crippen LogP contribution < -0.4 is 10.0 Å². The van der Waals surface area contributed by atoms with E-state index >= 15 is 0 Å². The van der Waals surface area contributed by atoms with Gasteiger partial charge in [0.1, 0.15) is 0 Å². The Kier molecular flexibility index (Phi) is 6.07. The Morgan fingerprint density at radius 1 is 1.16 bits per heavy atom. The second kappa shape index (κ2) is 8.06. The van der Waals surface area contributed by atoms with Crippen LogP contribution in [0.3, 0.4) is 0 Å². The summed E-state index contributed by atoms with van der Waals surface area (Å²) in [4.78, 5) is 22.1. The fraction of sp³-hybridized carbons (Fsp3) is 0.133. The van der Waals surface area contributed by atoms with Gasteiger partial charge in [-0.1, -0.05) is 29.8 Å². The van der Waals surface area contributed by atoms with Gasteiger partial charge in [0.2, 0.25) is 15.9 Å². The third-order valence-corrected chi connectivity index (χ3v) is 4.94. The molecule has 2 N–H and O–H groups in total. The van der Waals surface area contributed by atoms with E-state index in [1.807, 2.05) is 0 Å². The second-order valence-corrected chi connectivity index (χ2v) is 7.10. The molecule has 0 radical (unpaired) electrons. The minimum atomic E-state index is -3.70. The Balaban J connectivity index is 1.93. The molecule has 132 valence electrons. The van der Waals surface area contributed by atoms with Crippen LogP contribution in [-0.4, -0.2) is 25.8 Å². The normalized spacial score (nSPS) is 11.1. The summed E-state index contributed by atoms with van der Waals surface area (Å²) in [5.74, 6) is -0.529. The number of anilines is 1. The van der Waals surface area contributed by atoms with Crippen molar-refractivity contribution in [1.29, 1.82) is 0 Å². The molecule has 0 aliphatic rings. The predicted octanol–water partition coefficient (Wildman–Crippen LogP) is 2.56. The van der Waals surface area contributed by atoms with Gasteiger partial charge in [-0.15, -0.1) is 0 Å². The molecule has 2 rings (SSSR count). The molecule has 0 fully saturated rings. The number of hydrogen-bond donors (Lipinski definition) is 2.